The number of carbonyl (C=O) groups excluding carboxylic acids is 1. The minimum atomic E-state index is -0.395. The highest BCUT2D eigenvalue weighted by molar-refractivity contribution is 5.90. The van der Waals surface area contributed by atoms with Gasteiger partial charge >= 0.3 is 0 Å². The van der Waals surface area contributed by atoms with E-state index in [4.69, 9.17) is 9.47 Å². The van der Waals surface area contributed by atoms with Crippen LogP contribution in [0.15, 0.2) is 54.6 Å². The lowest BCUT2D eigenvalue weighted by Gasteiger charge is -2.40. The van der Waals surface area contributed by atoms with Crippen molar-refractivity contribution in [2.75, 3.05) is 32.8 Å². The maximum Gasteiger partial charge on any atom is 0.233 e. The van der Waals surface area contributed by atoms with E-state index in [0.29, 0.717) is 6.61 Å². The maximum absolute atomic E-state index is 13.4. The molecule has 30 heavy (non-hydrogen) atoms. The van der Waals surface area contributed by atoms with Crippen molar-refractivity contribution in [2.45, 2.75) is 43.7 Å². The van der Waals surface area contributed by atoms with Crippen LogP contribution in [0.3, 0.4) is 0 Å². The molecule has 0 aromatic heterocycles. The maximum atomic E-state index is 13.4. The summed E-state index contributed by atoms with van der Waals surface area (Å²) in [6.45, 7) is 6.33. The molecule has 0 radical (unpaired) electrons. The van der Waals surface area contributed by atoms with Crippen molar-refractivity contribution in [3.8, 4) is 11.5 Å². The van der Waals surface area contributed by atoms with Crippen molar-refractivity contribution in [3.05, 3.63) is 60.2 Å². The number of piperidine rings is 1. The third-order valence-electron chi connectivity index (χ3n) is 6.95. The number of benzene rings is 2. The zero-order valence-corrected chi connectivity index (χ0v) is 17.6. The molecule has 1 amide bonds. The van der Waals surface area contributed by atoms with Crippen LogP contribution in [-0.4, -0.2) is 60.6 Å². The normalized spacial score (nSPS) is 29.2. The molecule has 0 bridgehead atoms. The smallest absolute Gasteiger partial charge is 0.233 e. The predicted molar refractivity (Wildman–Crippen MR) is 116 cm³/mol. The monoisotopic (exact) mass is 406 g/mol. The minimum Gasteiger partial charge on any atom is -0.486 e. The number of hydrogen-bond donors (Lipinski definition) is 0. The molecule has 0 saturated carbocycles. The van der Waals surface area contributed by atoms with Crippen molar-refractivity contribution in [1.82, 2.24) is 9.80 Å². The quantitative estimate of drug-likeness (QED) is 0.780. The average Bonchev–Trinajstić information content (AvgIpc) is 3.10. The van der Waals surface area contributed by atoms with Crippen LogP contribution in [0.5, 0.6) is 11.5 Å². The van der Waals surface area contributed by atoms with Crippen molar-refractivity contribution in [2.24, 2.45) is 0 Å². The third kappa shape index (κ3) is 3.56. The van der Waals surface area contributed by atoms with Gasteiger partial charge in [-0.25, -0.2) is 0 Å². The fourth-order valence-corrected chi connectivity index (χ4v) is 5.18. The highest BCUT2D eigenvalue weighted by Crippen LogP contribution is 2.37. The number of nitrogens with zero attached hydrogens (tertiary/aromatic N) is 2. The van der Waals surface area contributed by atoms with Crippen LogP contribution in [0, 0.1) is 0 Å². The molecule has 2 aromatic carbocycles. The lowest BCUT2D eigenvalue weighted by Crippen LogP contribution is -2.52. The Labute approximate surface area is 178 Å². The second-order valence-corrected chi connectivity index (χ2v) is 9.00. The van der Waals surface area contributed by atoms with Gasteiger partial charge in [-0.1, -0.05) is 42.5 Å². The van der Waals surface area contributed by atoms with Crippen molar-refractivity contribution >= 4 is 5.91 Å². The number of ether oxygens (including phenoxy) is 2. The summed E-state index contributed by atoms with van der Waals surface area (Å²) in [7, 11) is 0. The number of para-hydroxylation sites is 2. The molecule has 5 nitrogen and oxygen atoms in total. The summed E-state index contributed by atoms with van der Waals surface area (Å²) in [5.41, 5.74) is 0.740. The van der Waals surface area contributed by atoms with Crippen molar-refractivity contribution < 1.29 is 14.3 Å². The molecule has 2 aromatic rings. The number of likely N-dealkylation sites (tertiary alicyclic amines) is 2. The van der Waals surface area contributed by atoms with Gasteiger partial charge in [0.15, 0.2) is 11.5 Å². The lowest BCUT2D eigenvalue weighted by molar-refractivity contribution is -0.135. The van der Waals surface area contributed by atoms with Gasteiger partial charge in [-0.3, -0.25) is 9.69 Å². The summed E-state index contributed by atoms with van der Waals surface area (Å²) in [4.78, 5) is 18.0. The summed E-state index contributed by atoms with van der Waals surface area (Å²) in [6.07, 6.45) is 3.11. The fraction of sp³-hybridized carbons (Fsp3) is 0.480. The van der Waals surface area contributed by atoms with E-state index in [1.807, 2.05) is 42.5 Å². The van der Waals surface area contributed by atoms with Crippen LogP contribution in [0.25, 0.3) is 0 Å². The number of amides is 1. The molecular formula is C25H30N2O3. The molecule has 2 fully saturated rings. The molecule has 5 rings (SSSR count). The molecule has 3 heterocycles. The summed E-state index contributed by atoms with van der Waals surface area (Å²) in [6, 6.07) is 18.4. The molecule has 0 spiro atoms. The Morgan fingerprint density at radius 2 is 1.80 bits per heavy atom. The van der Waals surface area contributed by atoms with Gasteiger partial charge in [-0.15, -0.1) is 0 Å². The van der Waals surface area contributed by atoms with Crippen molar-refractivity contribution in [3.63, 3.8) is 0 Å². The van der Waals surface area contributed by atoms with Crippen molar-refractivity contribution in [1.29, 1.82) is 0 Å². The van der Waals surface area contributed by atoms with Gasteiger partial charge in [-0.2, -0.15) is 0 Å². The molecule has 158 valence electrons. The molecule has 0 unspecified atom stereocenters. The summed E-state index contributed by atoms with van der Waals surface area (Å²) < 4.78 is 12.0. The molecular weight excluding hydrogens is 376 g/mol. The van der Waals surface area contributed by atoms with Crippen LogP contribution in [0.4, 0.5) is 0 Å². The minimum absolute atomic E-state index is 0.0301. The van der Waals surface area contributed by atoms with Crippen LogP contribution < -0.4 is 9.47 Å². The molecule has 3 aliphatic rings. The van der Waals surface area contributed by atoms with E-state index < -0.39 is 5.41 Å². The van der Waals surface area contributed by atoms with E-state index in [1.165, 1.54) is 0 Å². The van der Waals surface area contributed by atoms with Gasteiger partial charge in [0.05, 0.1) is 5.41 Å². The first-order valence-corrected chi connectivity index (χ1v) is 11.1. The van der Waals surface area contributed by atoms with E-state index in [1.54, 1.807) is 0 Å². The number of fused-ring (bicyclic) bond motifs is 1. The van der Waals surface area contributed by atoms with E-state index in [9.17, 15) is 4.79 Å². The second kappa shape index (κ2) is 7.95. The Bertz CT molecular complexity index is 902. The summed E-state index contributed by atoms with van der Waals surface area (Å²) in [5, 5.41) is 0. The molecule has 0 aliphatic carbocycles. The van der Waals surface area contributed by atoms with Crippen LogP contribution in [-0.2, 0) is 10.2 Å². The molecule has 0 N–H and O–H groups in total. The first-order valence-electron chi connectivity index (χ1n) is 11.1. The Kier molecular flexibility index (Phi) is 5.15. The van der Waals surface area contributed by atoms with E-state index in [0.717, 1.165) is 62.5 Å². The first-order chi connectivity index (χ1) is 14.6. The summed E-state index contributed by atoms with van der Waals surface area (Å²) in [5.74, 6) is 1.94. The highest BCUT2D eigenvalue weighted by Gasteiger charge is 2.46. The Balaban J connectivity index is 1.23. The SMILES string of the molecule is C[C@@]1(c2ccccc2)CCN([C@H]2CCCN(C[C@H]3COc4ccccc4O3)C2)C1=O. The van der Waals surface area contributed by atoms with Crippen LogP contribution >= 0.6 is 0 Å². The zero-order valence-electron chi connectivity index (χ0n) is 17.6. The topological polar surface area (TPSA) is 42.0 Å². The van der Waals surface area contributed by atoms with Crippen LogP contribution in [0.2, 0.25) is 0 Å². The second-order valence-electron chi connectivity index (χ2n) is 9.00. The fourth-order valence-electron chi connectivity index (χ4n) is 5.18. The van der Waals surface area contributed by atoms with Gasteiger partial charge in [0.2, 0.25) is 5.91 Å². The largest absolute Gasteiger partial charge is 0.486 e. The standard InChI is InChI=1S/C25H30N2O3/c1-25(19-8-3-2-4-9-19)13-15-27(24(25)28)20-10-7-14-26(16-20)17-21-18-29-22-11-5-6-12-23(22)30-21/h2-6,8-9,11-12,20-21H,7,10,13-18H2,1H3/t20-,21-,25-/m0/s1. The molecule has 2 saturated heterocycles. The van der Waals surface area contributed by atoms with Gasteiger partial charge in [-0.05, 0) is 50.4 Å². The van der Waals surface area contributed by atoms with Gasteiger partial charge in [0, 0.05) is 25.7 Å². The molecule has 5 heteroatoms. The van der Waals surface area contributed by atoms with Gasteiger partial charge in [0.25, 0.3) is 0 Å². The Hall–Kier alpha value is -2.53. The highest BCUT2D eigenvalue weighted by atomic mass is 16.6. The Morgan fingerprint density at radius 1 is 1.03 bits per heavy atom. The summed E-state index contributed by atoms with van der Waals surface area (Å²) >= 11 is 0. The predicted octanol–water partition coefficient (Wildman–Crippen LogP) is 3.48. The number of hydrogen-bond acceptors (Lipinski definition) is 4. The van der Waals surface area contributed by atoms with E-state index >= 15 is 0 Å². The number of rotatable bonds is 4. The molecule has 3 aliphatic heterocycles. The third-order valence-corrected chi connectivity index (χ3v) is 6.95. The first kappa shape index (κ1) is 19.4. The van der Waals surface area contributed by atoms with Crippen LogP contribution in [0.1, 0.15) is 31.7 Å². The Morgan fingerprint density at radius 3 is 2.63 bits per heavy atom. The number of carbonyl (C=O) groups is 1. The lowest BCUT2D eigenvalue weighted by atomic mass is 9.81. The van der Waals surface area contributed by atoms with Gasteiger partial charge in [0.1, 0.15) is 12.7 Å². The average molecular weight is 407 g/mol. The van der Waals surface area contributed by atoms with E-state index in [-0.39, 0.29) is 18.1 Å². The van der Waals surface area contributed by atoms with Gasteiger partial charge < -0.3 is 14.4 Å². The zero-order chi connectivity index (χ0) is 20.6. The molecule has 3 atom stereocenters. The van der Waals surface area contributed by atoms with E-state index in [2.05, 4.69) is 28.9 Å².